The number of amides is 1. The van der Waals surface area contributed by atoms with Crippen molar-refractivity contribution in [3.8, 4) is 5.75 Å². The molecule has 0 saturated heterocycles. The Kier molecular flexibility index (Phi) is 5.12. The van der Waals surface area contributed by atoms with Gasteiger partial charge in [0.2, 0.25) is 0 Å². The van der Waals surface area contributed by atoms with E-state index in [0.717, 1.165) is 5.56 Å². The van der Waals surface area contributed by atoms with Crippen LogP contribution in [0.15, 0.2) is 40.9 Å². The Labute approximate surface area is 163 Å². The van der Waals surface area contributed by atoms with Gasteiger partial charge in [-0.15, -0.1) is 4.40 Å². The zero-order valence-corrected chi connectivity index (χ0v) is 16.7. The van der Waals surface area contributed by atoms with Gasteiger partial charge in [-0.3, -0.25) is 9.78 Å². The molecule has 3 rings (SSSR count). The van der Waals surface area contributed by atoms with Crippen molar-refractivity contribution in [3.63, 3.8) is 0 Å². The molecule has 0 saturated carbocycles. The van der Waals surface area contributed by atoms with Gasteiger partial charge in [0.05, 0.1) is 16.9 Å². The van der Waals surface area contributed by atoms with Crippen LogP contribution >= 0.6 is 0 Å². The van der Waals surface area contributed by atoms with Crippen molar-refractivity contribution < 1.29 is 17.9 Å². The molecule has 8 nitrogen and oxygen atoms in total. The number of nitrogens with one attached hydrogen (secondary N) is 1. The van der Waals surface area contributed by atoms with Crippen molar-refractivity contribution in [3.05, 3.63) is 58.9 Å². The SMILES string of the molecule is Cc1ccnc(C(=O)NC(C)(C)COc2cccc3c2C(N)=NS(=O)(=O)C3)c1. The second-order valence-corrected chi connectivity index (χ2v) is 8.97. The fourth-order valence-corrected chi connectivity index (χ4v) is 3.95. The molecule has 28 heavy (non-hydrogen) atoms. The molecule has 0 radical (unpaired) electrons. The van der Waals surface area contributed by atoms with Crippen LogP contribution in [0, 0.1) is 6.92 Å². The number of carbonyl (C=O) groups excluding carboxylic acids is 1. The average Bonchev–Trinajstić information content (AvgIpc) is 2.58. The second-order valence-electron chi connectivity index (χ2n) is 7.34. The largest absolute Gasteiger partial charge is 0.490 e. The summed E-state index contributed by atoms with van der Waals surface area (Å²) in [5.74, 6) is -0.203. The number of aryl methyl sites for hydroxylation is 1. The quantitative estimate of drug-likeness (QED) is 0.782. The maximum absolute atomic E-state index is 12.4. The van der Waals surface area contributed by atoms with Crippen LogP contribution in [-0.2, 0) is 15.8 Å². The van der Waals surface area contributed by atoms with Gasteiger partial charge in [0, 0.05) is 6.20 Å². The van der Waals surface area contributed by atoms with Crippen LogP contribution in [0.3, 0.4) is 0 Å². The maximum Gasteiger partial charge on any atom is 0.270 e. The lowest BCUT2D eigenvalue weighted by molar-refractivity contribution is 0.0875. The number of rotatable bonds is 5. The molecule has 0 fully saturated rings. The van der Waals surface area contributed by atoms with Gasteiger partial charge in [-0.1, -0.05) is 12.1 Å². The number of nitrogens with zero attached hydrogens (tertiary/aromatic N) is 2. The molecule has 0 aliphatic carbocycles. The van der Waals surface area contributed by atoms with Gasteiger partial charge < -0.3 is 15.8 Å². The fraction of sp³-hybridized carbons (Fsp3) is 0.316. The van der Waals surface area contributed by atoms with Crippen molar-refractivity contribution in [2.75, 3.05) is 6.61 Å². The van der Waals surface area contributed by atoms with E-state index in [0.29, 0.717) is 22.6 Å². The minimum absolute atomic E-state index is 0.0948. The molecule has 1 amide bonds. The van der Waals surface area contributed by atoms with Crippen molar-refractivity contribution in [1.29, 1.82) is 0 Å². The van der Waals surface area contributed by atoms with Gasteiger partial charge in [0.1, 0.15) is 23.9 Å². The van der Waals surface area contributed by atoms with Crippen LogP contribution in [0.4, 0.5) is 0 Å². The lowest BCUT2D eigenvalue weighted by Crippen LogP contribution is -2.48. The molecular weight excluding hydrogens is 380 g/mol. The highest BCUT2D eigenvalue weighted by molar-refractivity contribution is 7.89. The zero-order chi connectivity index (χ0) is 20.5. The van der Waals surface area contributed by atoms with Crippen molar-refractivity contribution in [2.45, 2.75) is 32.1 Å². The molecule has 0 atom stereocenters. The highest BCUT2D eigenvalue weighted by Gasteiger charge is 2.27. The normalized spacial score (nSPS) is 15.3. The standard InChI is InChI=1S/C19H22N4O4S/c1-12-7-8-21-14(9-12)18(24)22-19(2,3)11-27-15-6-4-5-13-10-28(25,26)23-17(20)16(13)15/h4-9H,10-11H2,1-3H3,(H2,20,23)(H,22,24). The lowest BCUT2D eigenvalue weighted by Gasteiger charge is -2.27. The lowest BCUT2D eigenvalue weighted by atomic mass is 10.0. The molecular formula is C19H22N4O4S. The molecule has 1 aromatic carbocycles. The molecule has 1 aliphatic rings. The van der Waals surface area contributed by atoms with Crippen LogP contribution in [0.25, 0.3) is 0 Å². The van der Waals surface area contributed by atoms with Crippen molar-refractivity contribution in [1.82, 2.24) is 10.3 Å². The van der Waals surface area contributed by atoms with E-state index in [1.165, 1.54) is 0 Å². The Bertz CT molecular complexity index is 1060. The van der Waals surface area contributed by atoms with E-state index in [1.54, 1.807) is 30.5 Å². The van der Waals surface area contributed by atoms with Crippen LogP contribution in [0.5, 0.6) is 5.75 Å². The first-order valence-corrected chi connectivity index (χ1v) is 10.3. The first-order chi connectivity index (χ1) is 13.1. The number of aromatic nitrogens is 1. The van der Waals surface area contributed by atoms with Crippen molar-refractivity contribution >= 4 is 21.8 Å². The first-order valence-electron chi connectivity index (χ1n) is 8.65. The fourth-order valence-electron chi connectivity index (χ4n) is 2.86. The predicted molar refractivity (Wildman–Crippen MR) is 106 cm³/mol. The number of ether oxygens (including phenoxy) is 1. The summed E-state index contributed by atoms with van der Waals surface area (Å²) in [4.78, 5) is 16.5. The van der Waals surface area contributed by atoms with Gasteiger partial charge in [-0.05, 0) is 50.1 Å². The smallest absolute Gasteiger partial charge is 0.270 e. The molecule has 3 N–H and O–H groups in total. The Hall–Kier alpha value is -2.94. The second kappa shape index (κ2) is 7.23. The van der Waals surface area contributed by atoms with E-state index in [2.05, 4.69) is 14.7 Å². The van der Waals surface area contributed by atoms with Crippen LogP contribution < -0.4 is 15.8 Å². The molecule has 0 bridgehead atoms. The number of amidine groups is 1. The Morgan fingerprint density at radius 3 is 2.79 bits per heavy atom. The van der Waals surface area contributed by atoms with Crippen LogP contribution in [0.1, 0.15) is 41.0 Å². The van der Waals surface area contributed by atoms with Crippen LogP contribution in [0.2, 0.25) is 0 Å². The summed E-state index contributed by atoms with van der Waals surface area (Å²) in [5, 5.41) is 2.89. The number of carbonyl (C=O) groups is 1. The summed E-state index contributed by atoms with van der Waals surface area (Å²) in [6, 6.07) is 8.59. The minimum Gasteiger partial charge on any atom is -0.490 e. The molecule has 1 aliphatic heterocycles. The molecule has 148 valence electrons. The van der Waals surface area contributed by atoms with Gasteiger partial charge in [-0.25, -0.2) is 8.42 Å². The monoisotopic (exact) mass is 402 g/mol. The summed E-state index contributed by atoms with van der Waals surface area (Å²) < 4.78 is 33.0. The molecule has 0 spiro atoms. The van der Waals surface area contributed by atoms with E-state index in [4.69, 9.17) is 10.5 Å². The van der Waals surface area contributed by atoms with Gasteiger partial charge in [0.15, 0.2) is 0 Å². The molecule has 0 unspecified atom stereocenters. The maximum atomic E-state index is 12.4. The summed E-state index contributed by atoms with van der Waals surface area (Å²) >= 11 is 0. The zero-order valence-electron chi connectivity index (χ0n) is 15.9. The number of sulfonamides is 1. The van der Waals surface area contributed by atoms with E-state index < -0.39 is 15.6 Å². The van der Waals surface area contributed by atoms with Gasteiger partial charge in [-0.2, -0.15) is 0 Å². The Balaban J connectivity index is 1.74. The third-order valence-electron chi connectivity index (χ3n) is 4.13. The number of hydrogen-bond donors (Lipinski definition) is 2. The topological polar surface area (TPSA) is 124 Å². The van der Waals surface area contributed by atoms with E-state index in [9.17, 15) is 13.2 Å². The summed E-state index contributed by atoms with van der Waals surface area (Å²) in [6.45, 7) is 5.66. The molecule has 2 heterocycles. The van der Waals surface area contributed by atoms with E-state index in [-0.39, 0.29) is 24.1 Å². The summed E-state index contributed by atoms with van der Waals surface area (Å²) in [5.41, 5.74) is 7.41. The van der Waals surface area contributed by atoms with Crippen LogP contribution in [-0.4, -0.2) is 37.3 Å². The number of nitrogens with two attached hydrogens (primary N) is 1. The number of pyridine rings is 1. The predicted octanol–water partition coefficient (Wildman–Crippen LogP) is 1.53. The summed E-state index contributed by atoms with van der Waals surface area (Å²) in [7, 11) is -3.61. The van der Waals surface area contributed by atoms with E-state index in [1.807, 2.05) is 26.8 Å². The number of benzene rings is 1. The number of hydrogen-bond acceptors (Lipinski definition) is 6. The Morgan fingerprint density at radius 1 is 1.32 bits per heavy atom. The molecule has 2 aromatic rings. The Morgan fingerprint density at radius 2 is 2.07 bits per heavy atom. The van der Waals surface area contributed by atoms with Crippen molar-refractivity contribution in [2.24, 2.45) is 10.1 Å². The van der Waals surface area contributed by atoms with Gasteiger partial charge in [0.25, 0.3) is 15.9 Å². The molecule has 9 heteroatoms. The summed E-state index contributed by atoms with van der Waals surface area (Å²) in [6.07, 6.45) is 1.58. The number of fused-ring (bicyclic) bond motifs is 1. The third-order valence-corrected chi connectivity index (χ3v) is 5.28. The highest BCUT2D eigenvalue weighted by atomic mass is 32.2. The first kappa shape index (κ1) is 19.8. The van der Waals surface area contributed by atoms with Gasteiger partial charge >= 0.3 is 0 Å². The average molecular weight is 402 g/mol. The highest BCUT2D eigenvalue weighted by Crippen LogP contribution is 2.28. The molecule has 1 aromatic heterocycles. The van der Waals surface area contributed by atoms with E-state index >= 15 is 0 Å². The minimum atomic E-state index is -3.61. The third kappa shape index (κ3) is 4.48.